The fourth-order valence-electron chi connectivity index (χ4n) is 2.22. The molecule has 0 saturated carbocycles. The van der Waals surface area contributed by atoms with Gasteiger partial charge < -0.3 is 10.1 Å². The van der Waals surface area contributed by atoms with Gasteiger partial charge in [0.2, 0.25) is 0 Å². The number of rotatable bonds is 6. The second kappa shape index (κ2) is 8.67. The van der Waals surface area contributed by atoms with Crippen LogP contribution in [0.4, 0.5) is 5.69 Å². The third-order valence-electron chi connectivity index (χ3n) is 3.35. The molecule has 0 saturated heterocycles. The molecule has 0 aliphatic heterocycles. The maximum absolute atomic E-state index is 12.2. The van der Waals surface area contributed by atoms with Gasteiger partial charge in [0, 0.05) is 9.26 Å². The zero-order valence-corrected chi connectivity index (χ0v) is 14.9. The Balaban J connectivity index is 1.89. The molecule has 4 nitrogen and oxygen atoms in total. The van der Waals surface area contributed by atoms with Crippen molar-refractivity contribution in [2.75, 3.05) is 11.9 Å². The van der Waals surface area contributed by atoms with E-state index < -0.39 is 0 Å². The van der Waals surface area contributed by atoms with E-state index >= 15 is 0 Å². The standard InChI is InChI=1S/C18H18INO3/c1-2-16(13-7-4-3-5-8-13)18(22)23-12-17(21)20-15-10-6-9-14(19)11-15/h3-11,16H,2,12H2,1H3,(H,20,21). The van der Waals surface area contributed by atoms with Crippen molar-refractivity contribution >= 4 is 40.2 Å². The molecule has 2 aromatic carbocycles. The first-order valence-electron chi connectivity index (χ1n) is 7.37. The lowest BCUT2D eigenvalue weighted by atomic mass is 9.97. The van der Waals surface area contributed by atoms with Gasteiger partial charge in [-0.05, 0) is 52.8 Å². The van der Waals surface area contributed by atoms with Gasteiger partial charge in [0.1, 0.15) is 0 Å². The third-order valence-corrected chi connectivity index (χ3v) is 4.02. The van der Waals surface area contributed by atoms with E-state index in [1.54, 1.807) is 6.07 Å². The molecule has 2 aromatic rings. The van der Waals surface area contributed by atoms with Crippen molar-refractivity contribution in [3.05, 3.63) is 63.7 Å². The van der Waals surface area contributed by atoms with Crippen LogP contribution in [0.25, 0.3) is 0 Å². The molecule has 1 atom stereocenters. The number of nitrogens with one attached hydrogen (secondary N) is 1. The first-order valence-corrected chi connectivity index (χ1v) is 8.45. The van der Waals surface area contributed by atoms with Crippen LogP contribution in [0.1, 0.15) is 24.8 Å². The largest absolute Gasteiger partial charge is 0.455 e. The van der Waals surface area contributed by atoms with Gasteiger partial charge in [-0.2, -0.15) is 0 Å². The molecule has 120 valence electrons. The lowest BCUT2D eigenvalue weighted by molar-refractivity contribution is -0.149. The summed E-state index contributed by atoms with van der Waals surface area (Å²) in [6, 6.07) is 16.9. The molecule has 0 aromatic heterocycles. The highest BCUT2D eigenvalue weighted by Crippen LogP contribution is 2.20. The Bertz CT molecular complexity index is 673. The average Bonchev–Trinajstić information content (AvgIpc) is 2.55. The Morgan fingerprint density at radius 1 is 1.13 bits per heavy atom. The molecule has 0 aliphatic carbocycles. The van der Waals surface area contributed by atoms with E-state index in [0.717, 1.165) is 9.13 Å². The Morgan fingerprint density at radius 2 is 1.87 bits per heavy atom. The Morgan fingerprint density at radius 3 is 2.52 bits per heavy atom. The molecule has 1 N–H and O–H groups in total. The zero-order chi connectivity index (χ0) is 16.7. The van der Waals surface area contributed by atoms with Crippen LogP contribution in [-0.2, 0) is 14.3 Å². The van der Waals surface area contributed by atoms with Gasteiger partial charge in [0.05, 0.1) is 5.92 Å². The van der Waals surface area contributed by atoms with E-state index in [1.165, 1.54) is 0 Å². The maximum atomic E-state index is 12.2. The number of amides is 1. The van der Waals surface area contributed by atoms with Crippen LogP contribution < -0.4 is 5.32 Å². The van der Waals surface area contributed by atoms with Crippen molar-refractivity contribution in [3.8, 4) is 0 Å². The minimum absolute atomic E-state index is 0.284. The predicted octanol–water partition coefficient (Wildman–Crippen LogP) is 3.97. The van der Waals surface area contributed by atoms with Gasteiger partial charge in [-0.15, -0.1) is 0 Å². The van der Waals surface area contributed by atoms with Gasteiger partial charge in [0.15, 0.2) is 6.61 Å². The summed E-state index contributed by atoms with van der Waals surface area (Å²) in [5.41, 5.74) is 1.59. The lowest BCUT2D eigenvalue weighted by Crippen LogP contribution is -2.23. The average molecular weight is 423 g/mol. The van der Waals surface area contributed by atoms with Gasteiger partial charge in [0.25, 0.3) is 5.91 Å². The van der Waals surface area contributed by atoms with Crippen molar-refractivity contribution in [2.24, 2.45) is 0 Å². The number of esters is 1. The number of anilines is 1. The van der Waals surface area contributed by atoms with Crippen LogP contribution in [-0.4, -0.2) is 18.5 Å². The fraction of sp³-hybridized carbons (Fsp3) is 0.222. The summed E-state index contributed by atoms with van der Waals surface area (Å²) in [4.78, 5) is 24.1. The van der Waals surface area contributed by atoms with Crippen LogP contribution in [0.2, 0.25) is 0 Å². The summed E-state index contributed by atoms with van der Waals surface area (Å²) in [5, 5.41) is 2.71. The summed E-state index contributed by atoms with van der Waals surface area (Å²) in [7, 11) is 0. The smallest absolute Gasteiger partial charge is 0.313 e. The Hall–Kier alpha value is -1.89. The quantitative estimate of drug-likeness (QED) is 0.565. The predicted molar refractivity (Wildman–Crippen MR) is 98.2 cm³/mol. The molecule has 0 radical (unpaired) electrons. The normalized spacial score (nSPS) is 11.6. The van der Waals surface area contributed by atoms with Gasteiger partial charge in [-0.25, -0.2) is 0 Å². The summed E-state index contributed by atoms with van der Waals surface area (Å²) in [6.45, 7) is 1.64. The van der Waals surface area contributed by atoms with Gasteiger partial charge in [-0.3, -0.25) is 9.59 Å². The highest BCUT2D eigenvalue weighted by Gasteiger charge is 2.20. The SMILES string of the molecule is CCC(C(=O)OCC(=O)Nc1cccc(I)c1)c1ccccc1. The first-order chi connectivity index (χ1) is 11.1. The zero-order valence-electron chi connectivity index (χ0n) is 12.8. The van der Waals surface area contributed by atoms with Crippen LogP contribution >= 0.6 is 22.6 Å². The molecule has 0 aliphatic rings. The highest BCUT2D eigenvalue weighted by atomic mass is 127. The van der Waals surface area contributed by atoms with E-state index in [9.17, 15) is 9.59 Å². The van der Waals surface area contributed by atoms with Crippen LogP contribution in [0, 0.1) is 3.57 Å². The minimum Gasteiger partial charge on any atom is -0.455 e. The number of halogens is 1. The summed E-state index contributed by atoms with van der Waals surface area (Å²) in [5.74, 6) is -1.07. The molecule has 0 spiro atoms. The van der Waals surface area contributed by atoms with Crippen molar-refractivity contribution < 1.29 is 14.3 Å². The second-order valence-electron chi connectivity index (χ2n) is 5.04. The summed E-state index contributed by atoms with van der Waals surface area (Å²) >= 11 is 2.17. The molecule has 0 heterocycles. The number of carbonyl (C=O) groups excluding carboxylic acids is 2. The van der Waals surface area contributed by atoms with E-state index in [1.807, 2.05) is 55.5 Å². The van der Waals surface area contributed by atoms with Crippen molar-refractivity contribution in [1.29, 1.82) is 0 Å². The molecule has 2 rings (SSSR count). The van der Waals surface area contributed by atoms with Crippen LogP contribution in [0.3, 0.4) is 0 Å². The van der Waals surface area contributed by atoms with E-state index in [4.69, 9.17) is 4.74 Å². The fourth-order valence-corrected chi connectivity index (χ4v) is 2.77. The second-order valence-corrected chi connectivity index (χ2v) is 6.28. The van der Waals surface area contributed by atoms with E-state index in [0.29, 0.717) is 12.1 Å². The number of benzene rings is 2. The van der Waals surface area contributed by atoms with E-state index in [2.05, 4.69) is 27.9 Å². The Labute approximate surface area is 149 Å². The third kappa shape index (κ3) is 5.35. The monoisotopic (exact) mass is 423 g/mol. The Kier molecular flexibility index (Phi) is 6.58. The topological polar surface area (TPSA) is 55.4 Å². The molecule has 1 amide bonds. The number of ether oxygens (including phenoxy) is 1. The molecular weight excluding hydrogens is 405 g/mol. The minimum atomic E-state index is -0.378. The molecule has 5 heteroatoms. The first kappa shape index (κ1) is 17.5. The van der Waals surface area contributed by atoms with Crippen molar-refractivity contribution in [1.82, 2.24) is 0 Å². The molecular formula is C18H18INO3. The molecule has 1 unspecified atom stereocenters. The van der Waals surface area contributed by atoms with Gasteiger partial charge >= 0.3 is 5.97 Å². The number of hydrogen-bond acceptors (Lipinski definition) is 3. The number of hydrogen-bond donors (Lipinski definition) is 1. The van der Waals surface area contributed by atoms with Crippen molar-refractivity contribution in [2.45, 2.75) is 19.3 Å². The van der Waals surface area contributed by atoms with E-state index in [-0.39, 0.29) is 24.4 Å². The van der Waals surface area contributed by atoms with Crippen LogP contribution in [0.5, 0.6) is 0 Å². The van der Waals surface area contributed by atoms with Crippen molar-refractivity contribution in [3.63, 3.8) is 0 Å². The molecule has 0 bridgehead atoms. The summed E-state index contributed by atoms with van der Waals surface area (Å²) < 4.78 is 6.18. The number of carbonyl (C=O) groups is 2. The highest BCUT2D eigenvalue weighted by molar-refractivity contribution is 14.1. The molecule has 0 fully saturated rings. The molecule has 23 heavy (non-hydrogen) atoms. The summed E-state index contributed by atoms with van der Waals surface area (Å²) in [6.07, 6.45) is 0.626. The van der Waals surface area contributed by atoms with Crippen LogP contribution in [0.15, 0.2) is 54.6 Å². The maximum Gasteiger partial charge on any atom is 0.313 e. The lowest BCUT2D eigenvalue weighted by Gasteiger charge is -2.14. The van der Waals surface area contributed by atoms with Gasteiger partial charge in [-0.1, -0.05) is 43.3 Å².